The van der Waals surface area contributed by atoms with E-state index in [1.54, 1.807) is 7.11 Å². The number of rotatable bonds is 2. The van der Waals surface area contributed by atoms with Crippen molar-refractivity contribution < 1.29 is 4.74 Å². The molecule has 0 aromatic rings. The maximum Gasteiger partial charge on any atom is 0.0790 e. The Morgan fingerprint density at radius 1 is 0.864 bits per heavy atom. The predicted molar refractivity (Wildman–Crippen MR) is 91.4 cm³/mol. The highest BCUT2D eigenvalue weighted by molar-refractivity contribution is 5.13. The first kappa shape index (κ1) is 15.1. The molecule has 0 saturated heterocycles. The molecule has 4 aliphatic rings. The molecule has 0 amide bonds. The van der Waals surface area contributed by atoms with E-state index in [9.17, 15) is 0 Å². The number of hydrogen-bond acceptors (Lipinski definition) is 1. The molecule has 0 unspecified atom stereocenters. The molecule has 0 heterocycles. The maximum absolute atomic E-state index is 5.31. The van der Waals surface area contributed by atoms with E-state index in [0.717, 1.165) is 23.7 Å². The van der Waals surface area contributed by atoms with Gasteiger partial charge in [-0.1, -0.05) is 26.2 Å². The van der Waals surface area contributed by atoms with Gasteiger partial charge < -0.3 is 4.74 Å². The van der Waals surface area contributed by atoms with Crippen LogP contribution in [0.25, 0.3) is 0 Å². The molecular weight excluding hydrogens is 268 g/mol. The molecule has 4 saturated carbocycles. The number of methoxy groups -OCH3 is 1. The van der Waals surface area contributed by atoms with E-state index in [1.165, 1.54) is 70.6 Å². The van der Waals surface area contributed by atoms with Gasteiger partial charge in [0, 0.05) is 0 Å². The molecule has 4 rings (SSSR count). The minimum atomic E-state index is 0.495. The molecule has 0 bridgehead atoms. The van der Waals surface area contributed by atoms with Crippen LogP contribution in [-0.4, -0.2) is 7.11 Å². The lowest BCUT2D eigenvalue weighted by Gasteiger charge is -2.60. The van der Waals surface area contributed by atoms with Crippen molar-refractivity contribution in [2.75, 3.05) is 7.11 Å². The first-order valence-electron chi connectivity index (χ1n) is 9.90. The molecule has 1 nitrogen and oxygen atoms in total. The van der Waals surface area contributed by atoms with E-state index in [0.29, 0.717) is 10.8 Å². The molecule has 4 fully saturated rings. The molecule has 0 aromatic heterocycles. The van der Waals surface area contributed by atoms with Crippen LogP contribution >= 0.6 is 0 Å². The summed E-state index contributed by atoms with van der Waals surface area (Å²) < 4.78 is 5.31. The van der Waals surface area contributed by atoms with Crippen LogP contribution in [0.4, 0.5) is 0 Å². The first-order chi connectivity index (χ1) is 10.7. The fourth-order valence-electron chi connectivity index (χ4n) is 7.49. The van der Waals surface area contributed by atoms with Crippen molar-refractivity contribution in [3.63, 3.8) is 0 Å². The molecule has 6 atom stereocenters. The van der Waals surface area contributed by atoms with Crippen molar-refractivity contribution in [1.82, 2.24) is 0 Å². The summed E-state index contributed by atoms with van der Waals surface area (Å²) in [5.74, 6) is 4.04. The summed E-state index contributed by atoms with van der Waals surface area (Å²) in [5.41, 5.74) is 1.18. The van der Waals surface area contributed by atoms with Crippen LogP contribution < -0.4 is 0 Å². The van der Waals surface area contributed by atoms with Gasteiger partial charge in [0.15, 0.2) is 0 Å². The number of ether oxygens (including phenoxy) is 1. The van der Waals surface area contributed by atoms with Crippen molar-refractivity contribution >= 4 is 0 Å². The third-order valence-electron chi connectivity index (χ3n) is 8.53. The Kier molecular flexibility index (Phi) is 3.82. The smallest absolute Gasteiger partial charge is 0.0790 e. The van der Waals surface area contributed by atoms with Crippen LogP contribution in [0.5, 0.6) is 0 Å². The lowest BCUT2D eigenvalue weighted by molar-refractivity contribution is -0.0969. The van der Waals surface area contributed by atoms with Crippen molar-refractivity contribution in [1.29, 1.82) is 0 Å². The van der Waals surface area contributed by atoms with Gasteiger partial charge in [0.2, 0.25) is 0 Å². The number of hydrogen-bond donors (Lipinski definition) is 0. The van der Waals surface area contributed by atoms with Crippen LogP contribution in [0.2, 0.25) is 0 Å². The molecule has 1 heteroatoms. The molecule has 0 aliphatic heterocycles. The average molecular weight is 303 g/mol. The first-order valence-corrected chi connectivity index (χ1v) is 9.90. The molecule has 124 valence electrons. The molecule has 0 aromatic carbocycles. The fraction of sp³-hybridized carbons (Fsp3) is 0.905. The molecule has 0 spiro atoms. The third kappa shape index (κ3) is 2.10. The minimum absolute atomic E-state index is 0.495. The molecule has 0 N–H and O–H groups in total. The molecule has 22 heavy (non-hydrogen) atoms. The summed E-state index contributed by atoms with van der Waals surface area (Å²) in [6.07, 6.45) is 20.8. The van der Waals surface area contributed by atoms with Crippen molar-refractivity contribution in [2.24, 2.45) is 34.5 Å². The highest BCUT2D eigenvalue weighted by Crippen LogP contribution is 2.66. The van der Waals surface area contributed by atoms with Gasteiger partial charge in [0.05, 0.1) is 13.4 Å². The van der Waals surface area contributed by atoms with Crippen molar-refractivity contribution in [3.8, 4) is 0 Å². The van der Waals surface area contributed by atoms with E-state index >= 15 is 0 Å². The topological polar surface area (TPSA) is 9.23 Å². The van der Waals surface area contributed by atoms with Crippen LogP contribution in [0.15, 0.2) is 12.3 Å². The van der Waals surface area contributed by atoms with Crippen LogP contribution in [0.3, 0.4) is 0 Å². The van der Waals surface area contributed by atoms with E-state index in [2.05, 4.69) is 13.0 Å². The van der Waals surface area contributed by atoms with E-state index in [1.807, 2.05) is 6.26 Å². The number of allylic oxidation sites excluding steroid dienone is 1. The zero-order chi connectivity index (χ0) is 15.2. The van der Waals surface area contributed by atoms with Crippen molar-refractivity contribution in [2.45, 2.75) is 77.6 Å². The van der Waals surface area contributed by atoms with Crippen LogP contribution in [-0.2, 0) is 4.74 Å². The fourth-order valence-corrected chi connectivity index (χ4v) is 7.49. The summed E-state index contributed by atoms with van der Waals surface area (Å²) in [4.78, 5) is 0. The summed E-state index contributed by atoms with van der Waals surface area (Å²) in [5, 5.41) is 0. The second-order valence-electron chi connectivity index (χ2n) is 9.11. The normalized spacial score (nSPS) is 51.2. The lowest BCUT2D eigenvalue weighted by atomic mass is 9.45. The Hall–Kier alpha value is -0.460. The van der Waals surface area contributed by atoms with Gasteiger partial charge in [-0.2, -0.15) is 0 Å². The van der Waals surface area contributed by atoms with Crippen molar-refractivity contribution in [3.05, 3.63) is 12.3 Å². The highest BCUT2D eigenvalue weighted by atomic mass is 16.5. The Balaban J connectivity index is 1.62. The average Bonchev–Trinajstić information content (AvgIpc) is 2.96. The SMILES string of the molecule is CO/C=C\[C@@]12CCC[C@H]1[C@@H]1CC[C@H]3CCCC[C@]3(C)[C@H]1CC2. The van der Waals surface area contributed by atoms with E-state index in [-0.39, 0.29) is 0 Å². The minimum Gasteiger partial charge on any atom is -0.505 e. The molecular formula is C21H34O. The van der Waals surface area contributed by atoms with Gasteiger partial charge in [-0.3, -0.25) is 0 Å². The van der Waals surface area contributed by atoms with Gasteiger partial charge in [-0.15, -0.1) is 0 Å². The Bertz CT molecular complexity index is 441. The van der Waals surface area contributed by atoms with Crippen LogP contribution in [0, 0.1) is 34.5 Å². The van der Waals surface area contributed by atoms with Gasteiger partial charge in [0.1, 0.15) is 0 Å². The standard InChI is InChI=1S/C21H34O/c1-20-11-4-3-6-16(20)8-9-17-18(20)10-13-21(14-15-22-2)12-5-7-19(17)21/h14-19H,3-13H2,1-2H3/b15-14-/t16-,17-,18+,19+,20+,21+/m1/s1. The molecule has 0 radical (unpaired) electrons. The lowest BCUT2D eigenvalue weighted by Crippen LogP contribution is -2.52. The third-order valence-corrected chi connectivity index (χ3v) is 8.53. The highest BCUT2D eigenvalue weighted by Gasteiger charge is 2.57. The zero-order valence-electron chi connectivity index (χ0n) is 14.7. The molecule has 4 aliphatic carbocycles. The van der Waals surface area contributed by atoms with E-state index in [4.69, 9.17) is 4.74 Å². The predicted octanol–water partition coefficient (Wildman–Crippen LogP) is 5.95. The summed E-state index contributed by atoms with van der Waals surface area (Å²) in [7, 11) is 1.80. The summed E-state index contributed by atoms with van der Waals surface area (Å²) >= 11 is 0. The summed E-state index contributed by atoms with van der Waals surface area (Å²) in [6.45, 7) is 2.68. The van der Waals surface area contributed by atoms with Gasteiger partial charge in [-0.25, -0.2) is 0 Å². The Morgan fingerprint density at radius 3 is 2.64 bits per heavy atom. The monoisotopic (exact) mass is 302 g/mol. The second-order valence-corrected chi connectivity index (χ2v) is 9.11. The van der Waals surface area contributed by atoms with Gasteiger partial charge >= 0.3 is 0 Å². The maximum atomic E-state index is 5.31. The second kappa shape index (κ2) is 5.56. The van der Waals surface area contributed by atoms with E-state index < -0.39 is 0 Å². The largest absolute Gasteiger partial charge is 0.505 e. The number of fused-ring (bicyclic) bond motifs is 5. The Labute approximate surface area is 136 Å². The van der Waals surface area contributed by atoms with Crippen LogP contribution in [0.1, 0.15) is 77.6 Å². The van der Waals surface area contributed by atoms with Gasteiger partial charge in [-0.05, 0) is 91.9 Å². The van der Waals surface area contributed by atoms with Gasteiger partial charge in [0.25, 0.3) is 0 Å². The Morgan fingerprint density at radius 2 is 1.77 bits per heavy atom. The zero-order valence-corrected chi connectivity index (χ0v) is 14.7. The quantitative estimate of drug-likeness (QED) is 0.573. The summed E-state index contributed by atoms with van der Waals surface area (Å²) in [6, 6.07) is 0.